The van der Waals surface area contributed by atoms with E-state index in [1.165, 1.54) is 0 Å². The topological polar surface area (TPSA) is 277 Å². The molecule has 23 aromatic rings. The number of nitrogens with zero attached hydrogens (tertiary/aromatic N) is 21. The molecule has 0 aliphatic carbocycles. The zero-order valence-electron chi connectivity index (χ0n) is 61.9. The van der Waals surface area contributed by atoms with Crippen LogP contribution in [0.2, 0.25) is 0 Å². The molecule has 0 atom stereocenters. The molecule has 0 spiro atoms. The summed E-state index contributed by atoms with van der Waals surface area (Å²) in [5, 5.41) is 25.3. The van der Waals surface area contributed by atoms with Gasteiger partial charge < -0.3 is 80.0 Å². The van der Waals surface area contributed by atoms with Crippen LogP contribution in [0, 0.1) is 0 Å². The molecule has 13 aromatic heterocycles. The molecule has 568 valence electrons. The van der Waals surface area contributed by atoms with Crippen molar-refractivity contribution in [2.75, 3.05) is 0 Å². The Hall–Kier alpha value is -14.5. The maximum Gasteiger partial charge on any atom is 2.00 e. The van der Waals surface area contributed by atoms with Gasteiger partial charge in [0, 0.05) is 55.9 Å². The molecule has 22 bridgehead atoms. The first-order chi connectivity index (χ1) is 57.3. The van der Waals surface area contributed by atoms with E-state index < -0.39 is 0 Å². The van der Waals surface area contributed by atoms with E-state index in [9.17, 15) is 0 Å². The average Bonchev–Trinajstić information content (AvgIpc) is 1.60. The molecule has 0 amide bonds. The first-order valence-corrected chi connectivity index (χ1v) is 37.4. The number of benzene rings is 10. The molecular weight excluding hydrogens is 2020 g/mol. The maximum atomic E-state index is 4.99. The SMILES string of the molecule is C1=c2[n-]c(c3ccccc23)=NN=c2[n-]c(c3ccccc23)=Cc2cccc1n2.[Pt+2].[Pt+2].[Pt+2].c1ccc(-c2cc3nc(c2)nc2[n-]c(nc4cc(-c5ccccc5)cc(n4)nc4[n-]c(n3)c3ccccc43)c3ccccc23)cc1.c1ccc2c(c1)cc1nc2nc2[n-]c(nc3cc4ccccc4c(n3)nc3[n-]c(n1)c1ccccc31)c1ccccc21. The van der Waals surface area contributed by atoms with Crippen LogP contribution in [0.25, 0.3) is 211 Å². The Morgan fingerprint density at radius 2 is 0.437 bits per heavy atom. The molecule has 0 fully saturated rings. The molecule has 24 rings (SSSR count). The van der Waals surface area contributed by atoms with E-state index in [1.807, 2.05) is 297 Å². The summed E-state index contributed by atoms with van der Waals surface area (Å²) in [6.07, 6.45) is 3.97. The molecule has 0 radical (unpaired) electrons. The van der Waals surface area contributed by atoms with Crippen LogP contribution >= 0.6 is 0 Å². The van der Waals surface area contributed by atoms with Gasteiger partial charge in [-0.15, -0.1) is 0 Å². The van der Waals surface area contributed by atoms with E-state index in [0.717, 1.165) is 131 Å². The van der Waals surface area contributed by atoms with Gasteiger partial charge in [-0.25, -0.2) is 24.9 Å². The van der Waals surface area contributed by atoms with Gasteiger partial charge in [0.05, 0.1) is 56.6 Å². The van der Waals surface area contributed by atoms with Gasteiger partial charge in [-0.05, 0) is 169 Å². The quantitative estimate of drug-likeness (QED) is 0.155. The third-order valence-corrected chi connectivity index (χ3v) is 20.4. The monoisotopic (exact) mass is 2070 g/mol. The fourth-order valence-electron chi connectivity index (χ4n) is 15.0. The van der Waals surface area contributed by atoms with Crippen molar-refractivity contribution in [1.29, 1.82) is 0 Å². The second-order valence-corrected chi connectivity index (χ2v) is 27.7. The normalized spacial score (nSPS) is 11.6. The second kappa shape index (κ2) is 31.6. The molecule has 0 N–H and O–H groups in total. The summed E-state index contributed by atoms with van der Waals surface area (Å²) in [5.74, 6) is 0. The molecular formula is C95H53N21Pt3. The van der Waals surface area contributed by atoms with Crippen LogP contribution in [-0.4, -0.2) is 64.8 Å². The minimum absolute atomic E-state index is 0. The van der Waals surface area contributed by atoms with Gasteiger partial charge in [-0.1, -0.05) is 272 Å². The molecule has 0 saturated carbocycles. The molecule has 14 heterocycles. The summed E-state index contributed by atoms with van der Waals surface area (Å²) in [7, 11) is 0. The number of pyridine rings is 5. The third-order valence-electron chi connectivity index (χ3n) is 20.4. The van der Waals surface area contributed by atoms with Gasteiger partial charge in [0.15, 0.2) is 0 Å². The van der Waals surface area contributed by atoms with Crippen molar-refractivity contribution in [2.24, 2.45) is 10.2 Å². The molecule has 1 aliphatic rings. The Morgan fingerprint density at radius 3 is 0.756 bits per heavy atom. The third kappa shape index (κ3) is 14.4. The zero-order chi connectivity index (χ0) is 76.6. The Balaban J connectivity index is 0.000000120. The van der Waals surface area contributed by atoms with Crippen molar-refractivity contribution in [3.8, 4) is 22.3 Å². The average molecular weight is 2070 g/mol. The Labute approximate surface area is 715 Å². The predicted octanol–water partition coefficient (Wildman–Crippen LogP) is 15.9. The summed E-state index contributed by atoms with van der Waals surface area (Å²) in [5.41, 5.74) is 15.0. The summed E-state index contributed by atoms with van der Waals surface area (Å²) in [4.78, 5) is 92.9. The van der Waals surface area contributed by atoms with Gasteiger partial charge in [0.2, 0.25) is 0 Å². The number of hydrogen-bond acceptors (Lipinski definition) is 15. The number of aromatic nitrogens is 19. The molecule has 0 saturated heterocycles. The first kappa shape index (κ1) is 74.6. The number of fused-ring (bicyclic) bond motifs is 44. The van der Waals surface area contributed by atoms with Crippen LogP contribution < -0.4 is 51.6 Å². The van der Waals surface area contributed by atoms with E-state index in [0.29, 0.717) is 101 Å². The van der Waals surface area contributed by atoms with Crippen molar-refractivity contribution in [1.82, 2.24) is 94.7 Å². The fourth-order valence-corrected chi connectivity index (χ4v) is 15.0. The van der Waals surface area contributed by atoms with Crippen molar-refractivity contribution in [3.05, 3.63) is 342 Å². The van der Waals surface area contributed by atoms with E-state index >= 15 is 0 Å². The van der Waals surface area contributed by atoms with Gasteiger partial charge >= 0.3 is 63.2 Å². The Kier molecular flexibility index (Phi) is 19.8. The molecule has 119 heavy (non-hydrogen) atoms. The van der Waals surface area contributed by atoms with Gasteiger partial charge in [0.1, 0.15) is 0 Å². The number of hydrogen-bond donors (Lipinski definition) is 0. The van der Waals surface area contributed by atoms with Crippen LogP contribution in [-0.2, 0) is 63.2 Å². The van der Waals surface area contributed by atoms with Crippen LogP contribution in [0.15, 0.2) is 320 Å². The summed E-state index contributed by atoms with van der Waals surface area (Å²) < 4.78 is 0. The fraction of sp³-hybridized carbons (Fsp3) is 0. The maximum absolute atomic E-state index is 4.99. The summed E-state index contributed by atoms with van der Waals surface area (Å²) in [6, 6.07) is 102. The molecule has 24 heteroatoms. The predicted molar refractivity (Wildman–Crippen MR) is 456 cm³/mol. The largest absolute Gasteiger partial charge is 2.00 e. The minimum Gasteiger partial charge on any atom is -0.464 e. The van der Waals surface area contributed by atoms with Crippen LogP contribution in [0.1, 0.15) is 11.4 Å². The van der Waals surface area contributed by atoms with E-state index in [2.05, 4.69) is 34.5 Å². The van der Waals surface area contributed by atoms with Crippen molar-refractivity contribution >= 4 is 189 Å². The van der Waals surface area contributed by atoms with Crippen molar-refractivity contribution in [3.63, 3.8) is 0 Å². The second-order valence-electron chi connectivity index (χ2n) is 27.7. The van der Waals surface area contributed by atoms with Crippen LogP contribution in [0.3, 0.4) is 0 Å². The minimum atomic E-state index is 0. The van der Waals surface area contributed by atoms with Gasteiger partial charge in [0.25, 0.3) is 0 Å². The molecule has 0 unspecified atom stereocenters. The van der Waals surface area contributed by atoms with E-state index in [4.69, 9.17) is 94.7 Å². The first-order valence-electron chi connectivity index (χ1n) is 37.4. The van der Waals surface area contributed by atoms with E-state index in [-0.39, 0.29) is 63.2 Å². The van der Waals surface area contributed by atoms with Gasteiger partial charge in [-0.2, -0.15) is 0 Å². The molecule has 10 aromatic carbocycles. The zero-order valence-corrected chi connectivity index (χ0v) is 68.8. The smallest absolute Gasteiger partial charge is 0.464 e. The number of rotatable bonds is 2. The standard InChI is InChI=1S/C38H22N8.C34H18N8.C23H13N5.3Pt/c1-3-11-23(12-4-1)25-19-31-39-32(20-25)42-36-28-16-8-10-18-30(28)38(46-36)44-34-22-26(24-13-5-2-6-14-24)21-33(40-34)43-37-29-17-9-7-15-27(29)35(41-31)45-37;1-3-11-21-19(9-1)17-27-35-29(21)39-33-25-15-7-6-14-24(25)32(42-33)38-28-18-20-10-2-4-12-22(20)30(36-28)40-34-26-16-8-5-13-23(26)31(37-27)41-34;1-3-10-18-16(8-1)20-12-14-6-5-7-15(24-14)13-21-17-9-2-4-11-19(17)23(26-21)28-27-22(18)25-20;;;/h1-22H;1-18H;1-13H;;;/q3*-2;3*+2. The Morgan fingerprint density at radius 1 is 0.176 bits per heavy atom. The van der Waals surface area contributed by atoms with E-state index in [1.54, 1.807) is 0 Å². The van der Waals surface area contributed by atoms with Crippen LogP contribution in [0.4, 0.5) is 0 Å². The van der Waals surface area contributed by atoms with Crippen molar-refractivity contribution in [2.45, 2.75) is 0 Å². The Bertz CT molecular complexity index is 7910. The summed E-state index contributed by atoms with van der Waals surface area (Å²) >= 11 is 0. The summed E-state index contributed by atoms with van der Waals surface area (Å²) in [6.45, 7) is 0. The van der Waals surface area contributed by atoms with Gasteiger partial charge in [-0.3, -0.25) is 0 Å². The van der Waals surface area contributed by atoms with Crippen LogP contribution in [0.5, 0.6) is 0 Å². The molecule has 21 nitrogen and oxygen atoms in total. The van der Waals surface area contributed by atoms with Crippen molar-refractivity contribution < 1.29 is 63.2 Å². The molecule has 1 aliphatic heterocycles.